The van der Waals surface area contributed by atoms with Crippen molar-refractivity contribution in [3.63, 3.8) is 0 Å². The normalized spacial score (nSPS) is 17.3. The minimum Gasteiger partial charge on any atom is -0.387 e. The molecule has 0 atom stereocenters. The van der Waals surface area contributed by atoms with Crippen LogP contribution in [0.25, 0.3) is 0 Å². The number of nitro benzene ring substituents is 1. The number of nitrogens with one attached hydrogen (secondary N) is 1. The molecule has 10 nitrogen and oxygen atoms in total. The third-order valence-electron chi connectivity index (χ3n) is 5.92. The molecule has 0 bridgehead atoms. The lowest BCUT2D eigenvalue weighted by Gasteiger charge is -2.34. The van der Waals surface area contributed by atoms with Crippen molar-refractivity contribution in [1.29, 1.82) is 0 Å². The molecular formula is C20H27N7O3. The number of amides is 1. The molecule has 1 aromatic heterocycles. The molecule has 1 aromatic carbocycles. The number of nitrogens with zero attached hydrogens (tertiary/aromatic N) is 6. The van der Waals surface area contributed by atoms with E-state index in [0.29, 0.717) is 24.3 Å². The van der Waals surface area contributed by atoms with Crippen LogP contribution < -0.4 is 5.32 Å². The molecule has 1 fully saturated rings. The van der Waals surface area contributed by atoms with Gasteiger partial charge in [-0.3, -0.25) is 19.8 Å². The summed E-state index contributed by atoms with van der Waals surface area (Å²) in [6, 6.07) is 4.34. The van der Waals surface area contributed by atoms with E-state index in [4.69, 9.17) is 0 Å². The molecule has 4 rings (SSSR count). The van der Waals surface area contributed by atoms with Crippen LogP contribution >= 0.6 is 0 Å². The number of hydrogen-bond acceptors (Lipinski definition) is 7. The van der Waals surface area contributed by atoms with Gasteiger partial charge in [0.2, 0.25) is 0 Å². The maximum atomic E-state index is 13.0. The van der Waals surface area contributed by atoms with E-state index >= 15 is 0 Å². The van der Waals surface area contributed by atoms with Crippen LogP contribution in [0.5, 0.6) is 0 Å². The van der Waals surface area contributed by atoms with Crippen LogP contribution in [0.1, 0.15) is 41.3 Å². The number of carbonyl (C=O) groups is 1. The summed E-state index contributed by atoms with van der Waals surface area (Å²) in [5, 5.41) is 22.8. The second kappa shape index (κ2) is 8.78. The average Bonchev–Trinajstić information content (AvgIpc) is 2.98. The van der Waals surface area contributed by atoms with Gasteiger partial charge in [0, 0.05) is 64.0 Å². The zero-order valence-corrected chi connectivity index (χ0v) is 17.2. The highest BCUT2D eigenvalue weighted by Crippen LogP contribution is 2.24. The van der Waals surface area contributed by atoms with Gasteiger partial charge in [0.05, 0.1) is 17.0 Å². The van der Waals surface area contributed by atoms with E-state index in [2.05, 4.69) is 25.0 Å². The molecule has 1 amide bonds. The van der Waals surface area contributed by atoms with E-state index in [9.17, 15) is 14.9 Å². The number of hydrogen-bond donors (Lipinski definition) is 1. The van der Waals surface area contributed by atoms with Crippen molar-refractivity contribution < 1.29 is 9.72 Å². The van der Waals surface area contributed by atoms with Gasteiger partial charge >= 0.3 is 0 Å². The molecule has 10 heteroatoms. The van der Waals surface area contributed by atoms with Gasteiger partial charge in [-0.1, -0.05) is 6.42 Å². The summed E-state index contributed by atoms with van der Waals surface area (Å²) in [6.07, 6.45) is 4.56. The number of carbonyl (C=O) groups excluding carboxylic acids is 1. The molecule has 30 heavy (non-hydrogen) atoms. The van der Waals surface area contributed by atoms with Crippen LogP contribution in [0.3, 0.4) is 0 Å². The van der Waals surface area contributed by atoms with Gasteiger partial charge in [-0.25, -0.2) is 0 Å². The summed E-state index contributed by atoms with van der Waals surface area (Å²) in [6.45, 7) is 4.33. The summed E-state index contributed by atoms with van der Waals surface area (Å²) >= 11 is 0. The van der Waals surface area contributed by atoms with Crippen molar-refractivity contribution in [1.82, 2.24) is 24.6 Å². The smallest absolute Gasteiger partial charge is 0.270 e. The fraction of sp³-hybridized carbons (Fsp3) is 0.550. The summed E-state index contributed by atoms with van der Waals surface area (Å²) in [4.78, 5) is 27.7. The Bertz CT molecular complexity index is 934. The highest BCUT2D eigenvalue weighted by Gasteiger charge is 2.26. The molecule has 0 radical (unpaired) electrons. The second-order valence-electron chi connectivity index (χ2n) is 7.80. The second-order valence-corrected chi connectivity index (χ2v) is 7.80. The molecule has 3 heterocycles. The lowest BCUT2D eigenvalue weighted by atomic mass is 10.1. The van der Waals surface area contributed by atoms with Gasteiger partial charge in [0.15, 0.2) is 0 Å². The minimum atomic E-state index is -0.477. The molecule has 0 aliphatic carbocycles. The van der Waals surface area contributed by atoms with Crippen LogP contribution in [0.2, 0.25) is 0 Å². The van der Waals surface area contributed by atoms with Gasteiger partial charge in [0.25, 0.3) is 11.6 Å². The number of benzene rings is 1. The zero-order valence-electron chi connectivity index (χ0n) is 17.2. The van der Waals surface area contributed by atoms with Crippen molar-refractivity contribution >= 4 is 17.3 Å². The van der Waals surface area contributed by atoms with E-state index in [-0.39, 0.29) is 11.6 Å². The van der Waals surface area contributed by atoms with E-state index < -0.39 is 4.92 Å². The Morgan fingerprint density at radius 2 is 1.93 bits per heavy atom. The summed E-state index contributed by atoms with van der Waals surface area (Å²) in [5.41, 5.74) is 0.852. The van der Waals surface area contributed by atoms with Crippen LogP contribution in [0, 0.1) is 10.1 Å². The highest BCUT2D eigenvalue weighted by atomic mass is 16.6. The first-order valence-electron chi connectivity index (χ1n) is 10.5. The largest absolute Gasteiger partial charge is 0.387 e. The van der Waals surface area contributed by atoms with Gasteiger partial charge < -0.3 is 14.8 Å². The fourth-order valence-corrected chi connectivity index (χ4v) is 4.18. The predicted octanol–water partition coefficient (Wildman–Crippen LogP) is 1.91. The topological polar surface area (TPSA) is 109 Å². The maximum Gasteiger partial charge on any atom is 0.270 e. The Morgan fingerprint density at radius 1 is 1.13 bits per heavy atom. The molecule has 0 spiro atoms. The van der Waals surface area contributed by atoms with Crippen molar-refractivity contribution in [2.75, 3.05) is 38.5 Å². The Hall–Kier alpha value is -3.01. The predicted molar refractivity (Wildman–Crippen MR) is 111 cm³/mol. The van der Waals surface area contributed by atoms with E-state index in [1.807, 2.05) is 0 Å². The average molecular weight is 413 g/mol. The van der Waals surface area contributed by atoms with Crippen LogP contribution in [0.15, 0.2) is 18.2 Å². The minimum absolute atomic E-state index is 0.0801. The Balaban J connectivity index is 1.40. The van der Waals surface area contributed by atoms with Crippen molar-refractivity contribution in [3.8, 4) is 0 Å². The van der Waals surface area contributed by atoms with Crippen molar-refractivity contribution in [2.24, 2.45) is 0 Å². The third-order valence-corrected chi connectivity index (χ3v) is 5.92. The quantitative estimate of drug-likeness (QED) is 0.589. The maximum absolute atomic E-state index is 13.0. The summed E-state index contributed by atoms with van der Waals surface area (Å²) in [5.74, 6) is 1.91. The first-order chi connectivity index (χ1) is 14.6. The zero-order chi connectivity index (χ0) is 21.1. The lowest BCUT2D eigenvalue weighted by Crippen LogP contribution is -2.48. The number of fused-ring (bicyclic) bond motifs is 1. The van der Waals surface area contributed by atoms with E-state index in [0.717, 1.165) is 50.7 Å². The molecule has 2 aliphatic rings. The standard InChI is InChI=1S/C20H27N7O3/c1-21-17-7-6-15(27(29)30)13-16(17)20(28)25-11-9-24(10-12-25)14-19-23-22-18-5-3-2-4-8-26(18)19/h6-7,13,21H,2-5,8-12,14H2,1H3. The molecule has 0 saturated carbocycles. The Morgan fingerprint density at radius 3 is 2.67 bits per heavy atom. The number of anilines is 1. The Labute approximate surface area is 175 Å². The van der Waals surface area contributed by atoms with Gasteiger partial charge in [-0.05, 0) is 18.9 Å². The molecule has 160 valence electrons. The lowest BCUT2D eigenvalue weighted by molar-refractivity contribution is -0.384. The number of piperazine rings is 1. The molecular weight excluding hydrogens is 386 g/mol. The fourth-order valence-electron chi connectivity index (χ4n) is 4.18. The summed E-state index contributed by atoms with van der Waals surface area (Å²) < 4.78 is 2.26. The Kier molecular flexibility index (Phi) is 5.93. The number of aryl methyl sites for hydroxylation is 1. The van der Waals surface area contributed by atoms with Crippen LogP contribution in [-0.2, 0) is 19.5 Å². The number of non-ortho nitro benzene ring substituents is 1. The van der Waals surface area contributed by atoms with Gasteiger partial charge in [-0.2, -0.15) is 0 Å². The van der Waals surface area contributed by atoms with E-state index in [1.54, 1.807) is 18.0 Å². The SMILES string of the molecule is CNc1ccc([N+](=O)[O-])cc1C(=O)N1CCN(Cc2nnc3n2CCCCC3)CC1. The van der Waals surface area contributed by atoms with Crippen molar-refractivity contribution in [2.45, 2.75) is 38.8 Å². The van der Waals surface area contributed by atoms with Gasteiger partial charge in [-0.15, -0.1) is 10.2 Å². The van der Waals surface area contributed by atoms with Crippen LogP contribution in [0.4, 0.5) is 11.4 Å². The van der Waals surface area contributed by atoms with Crippen LogP contribution in [-0.4, -0.2) is 68.6 Å². The van der Waals surface area contributed by atoms with Crippen molar-refractivity contribution in [3.05, 3.63) is 45.5 Å². The molecule has 0 unspecified atom stereocenters. The molecule has 2 aliphatic heterocycles. The monoisotopic (exact) mass is 413 g/mol. The van der Waals surface area contributed by atoms with Gasteiger partial charge in [0.1, 0.15) is 11.6 Å². The third kappa shape index (κ3) is 4.13. The highest BCUT2D eigenvalue weighted by molar-refractivity contribution is 6.00. The number of rotatable bonds is 5. The number of nitro groups is 1. The number of aromatic nitrogens is 3. The van der Waals surface area contributed by atoms with E-state index in [1.165, 1.54) is 25.0 Å². The molecule has 1 saturated heterocycles. The first kappa shape index (κ1) is 20.3. The molecule has 2 aromatic rings. The first-order valence-corrected chi connectivity index (χ1v) is 10.5. The molecule has 1 N–H and O–H groups in total. The summed E-state index contributed by atoms with van der Waals surface area (Å²) in [7, 11) is 1.71.